The third-order valence-electron chi connectivity index (χ3n) is 4.01. The molecule has 0 aromatic heterocycles. The lowest BCUT2D eigenvalue weighted by atomic mass is 9.97. The van der Waals surface area contributed by atoms with Crippen molar-refractivity contribution in [1.82, 2.24) is 0 Å². The monoisotopic (exact) mass is 745 g/mol. The number of nitrogens with one attached hydrogen (secondary N) is 1. The highest BCUT2D eigenvalue weighted by molar-refractivity contribution is 14.1. The molecule has 162 valence electrons. The minimum absolute atomic E-state index is 0.0370. The standard InChI is InChI=1S/C18H22I3NO7/c1-8(25)22-18-16(20)13(11(28)4-2-9(26)6-23)15(19)14(17(18)21)12(29)5-3-10(27)7-24/h9-10,23-24,26-27H,2-7H2,1H3,(H,22,25). The number of aliphatic hydroxyl groups is 4. The van der Waals surface area contributed by atoms with Crippen molar-refractivity contribution in [1.29, 1.82) is 0 Å². The Morgan fingerprint density at radius 2 is 1.21 bits per heavy atom. The molecule has 11 heteroatoms. The van der Waals surface area contributed by atoms with Gasteiger partial charge in [-0.3, -0.25) is 14.4 Å². The lowest BCUT2D eigenvalue weighted by Gasteiger charge is -2.19. The Morgan fingerprint density at radius 1 is 0.828 bits per heavy atom. The summed E-state index contributed by atoms with van der Waals surface area (Å²) in [5, 5.41) is 39.6. The number of benzene rings is 1. The van der Waals surface area contributed by atoms with E-state index in [1.54, 1.807) is 0 Å². The summed E-state index contributed by atoms with van der Waals surface area (Å²) >= 11 is 5.81. The molecule has 0 bridgehead atoms. The van der Waals surface area contributed by atoms with Crippen molar-refractivity contribution < 1.29 is 34.8 Å². The molecule has 0 saturated heterocycles. The third-order valence-corrected chi connectivity index (χ3v) is 7.24. The molecule has 1 amide bonds. The smallest absolute Gasteiger partial charge is 0.221 e. The van der Waals surface area contributed by atoms with Crippen LogP contribution in [0, 0.1) is 10.7 Å². The van der Waals surface area contributed by atoms with Gasteiger partial charge in [-0.15, -0.1) is 0 Å². The summed E-state index contributed by atoms with van der Waals surface area (Å²) in [5.41, 5.74) is 0.898. The van der Waals surface area contributed by atoms with E-state index >= 15 is 0 Å². The number of aliphatic hydroxyl groups excluding tert-OH is 4. The number of Topliss-reactive ketones (excluding diaryl/α,β-unsaturated/α-hetero) is 2. The van der Waals surface area contributed by atoms with Crippen molar-refractivity contribution >= 4 is 90.9 Å². The molecule has 1 rings (SSSR count). The largest absolute Gasteiger partial charge is 0.394 e. The van der Waals surface area contributed by atoms with Crippen molar-refractivity contribution in [3.8, 4) is 0 Å². The van der Waals surface area contributed by atoms with Crippen molar-refractivity contribution in [2.45, 2.75) is 44.8 Å². The van der Waals surface area contributed by atoms with E-state index < -0.39 is 25.4 Å². The van der Waals surface area contributed by atoms with E-state index in [0.717, 1.165) is 0 Å². The topological polar surface area (TPSA) is 144 Å². The van der Waals surface area contributed by atoms with Gasteiger partial charge in [0.1, 0.15) is 0 Å². The first-order valence-corrected chi connectivity index (χ1v) is 11.9. The van der Waals surface area contributed by atoms with E-state index in [9.17, 15) is 24.6 Å². The number of anilines is 1. The summed E-state index contributed by atoms with van der Waals surface area (Å²) in [4.78, 5) is 37.3. The summed E-state index contributed by atoms with van der Waals surface area (Å²) < 4.78 is 1.40. The number of amides is 1. The van der Waals surface area contributed by atoms with Gasteiger partial charge in [0.2, 0.25) is 5.91 Å². The van der Waals surface area contributed by atoms with E-state index in [2.05, 4.69) is 5.32 Å². The summed E-state index contributed by atoms with van der Waals surface area (Å²) in [7, 11) is 0. The molecule has 0 aliphatic rings. The Balaban J connectivity index is 3.45. The Morgan fingerprint density at radius 3 is 1.52 bits per heavy atom. The van der Waals surface area contributed by atoms with Gasteiger partial charge >= 0.3 is 0 Å². The van der Waals surface area contributed by atoms with E-state index in [1.807, 2.05) is 67.8 Å². The molecule has 2 unspecified atom stereocenters. The van der Waals surface area contributed by atoms with Gasteiger partial charge in [0.15, 0.2) is 11.6 Å². The van der Waals surface area contributed by atoms with Crippen LogP contribution in [0.3, 0.4) is 0 Å². The minimum Gasteiger partial charge on any atom is -0.394 e. The molecule has 0 fully saturated rings. The highest BCUT2D eigenvalue weighted by atomic mass is 127. The first-order chi connectivity index (χ1) is 13.5. The molecule has 1 aromatic carbocycles. The number of carbonyl (C=O) groups excluding carboxylic acids is 3. The van der Waals surface area contributed by atoms with E-state index in [0.29, 0.717) is 16.4 Å². The maximum Gasteiger partial charge on any atom is 0.221 e. The van der Waals surface area contributed by atoms with Crippen LogP contribution in [0.1, 0.15) is 53.3 Å². The number of halogens is 3. The van der Waals surface area contributed by atoms with Crippen molar-refractivity contribution in [2.24, 2.45) is 0 Å². The number of ketones is 2. The van der Waals surface area contributed by atoms with E-state index in [4.69, 9.17) is 10.2 Å². The molecule has 2 atom stereocenters. The molecule has 1 aromatic rings. The number of carbonyl (C=O) groups is 3. The molecule has 29 heavy (non-hydrogen) atoms. The second-order valence-electron chi connectivity index (χ2n) is 6.34. The summed E-state index contributed by atoms with van der Waals surface area (Å²) in [6, 6.07) is 0. The number of hydrogen-bond acceptors (Lipinski definition) is 7. The fourth-order valence-corrected chi connectivity index (χ4v) is 7.11. The van der Waals surface area contributed by atoms with Crippen LogP contribution in [0.5, 0.6) is 0 Å². The van der Waals surface area contributed by atoms with Gasteiger partial charge in [-0.25, -0.2) is 0 Å². The van der Waals surface area contributed by atoms with Crippen molar-refractivity contribution in [3.63, 3.8) is 0 Å². The average molecular weight is 745 g/mol. The van der Waals surface area contributed by atoms with E-state index in [1.165, 1.54) is 6.92 Å². The molecule has 0 spiro atoms. The highest BCUT2D eigenvalue weighted by Gasteiger charge is 2.28. The van der Waals surface area contributed by atoms with Crippen LogP contribution in [0.15, 0.2) is 0 Å². The fraction of sp³-hybridized carbons (Fsp3) is 0.500. The minimum atomic E-state index is -1.02. The van der Waals surface area contributed by atoms with Crippen molar-refractivity contribution in [3.05, 3.63) is 21.8 Å². The Hall–Kier alpha value is 0.0600. The van der Waals surface area contributed by atoms with Gasteiger partial charge in [-0.05, 0) is 80.6 Å². The maximum atomic E-state index is 12.8. The zero-order valence-electron chi connectivity index (χ0n) is 15.5. The summed E-state index contributed by atoms with van der Waals surface area (Å²) in [6.07, 6.45) is -1.98. The second-order valence-corrected chi connectivity index (χ2v) is 9.58. The molecule has 5 N–H and O–H groups in total. The molecular formula is C18H22I3NO7. The summed E-state index contributed by atoms with van der Waals surface area (Å²) in [5.74, 6) is -0.997. The second kappa shape index (κ2) is 12.8. The van der Waals surface area contributed by atoms with Gasteiger partial charge in [0, 0.05) is 41.6 Å². The SMILES string of the molecule is CC(=O)Nc1c(I)c(C(=O)CCC(O)CO)c(I)c(C(=O)CCC(O)CO)c1I. The van der Waals surface area contributed by atoms with Crippen LogP contribution in [0.2, 0.25) is 0 Å². The molecule has 0 radical (unpaired) electrons. The summed E-state index contributed by atoms with van der Waals surface area (Å²) in [6.45, 7) is 0.409. The Bertz CT molecular complexity index is 732. The molecule has 0 aliphatic carbocycles. The Kier molecular flexibility index (Phi) is 12.0. The first-order valence-electron chi connectivity index (χ1n) is 8.67. The van der Waals surface area contributed by atoms with Crippen LogP contribution < -0.4 is 5.32 Å². The zero-order chi connectivity index (χ0) is 22.3. The molecule has 8 nitrogen and oxygen atoms in total. The molecule has 0 saturated carbocycles. The maximum absolute atomic E-state index is 12.8. The number of rotatable bonds is 11. The van der Waals surface area contributed by atoms with Crippen molar-refractivity contribution in [2.75, 3.05) is 18.5 Å². The lowest BCUT2D eigenvalue weighted by molar-refractivity contribution is -0.114. The van der Waals surface area contributed by atoms with Crippen LogP contribution in [0.25, 0.3) is 0 Å². The quantitative estimate of drug-likeness (QED) is 0.173. The Labute approximate surface area is 209 Å². The predicted octanol–water partition coefficient (Wildman–Crippen LogP) is 2.09. The normalized spacial score (nSPS) is 13.1. The van der Waals surface area contributed by atoms with Gasteiger partial charge in [0.25, 0.3) is 0 Å². The third kappa shape index (κ3) is 7.60. The van der Waals surface area contributed by atoms with Gasteiger partial charge in [-0.2, -0.15) is 0 Å². The van der Waals surface area contributed by atoms with Crippen LogP contribution >= 0.6 is 67.8 Å². The van der Waals surface area contributed by atoms with Crippen LogP contribution in [0.4, 0.5) is 5.69 Å². The lowest BCUT2D eigenvalue weighted by Crippen LogP contribution is -2.20. The first kappa shape index (κ1) is 27.1. The van der Waals surface area contributed by atoms with E-state index in [-0.39, 0.29) is 54.3 Å². The predicted molar refractivity (Wildman–Crippen MR) is 132 cm³/mol. The highest BCUT2D eigenvalue weighted by Crippen LogP contribution is 2.37. The fourth-order valence-electron chi connectivity index (χ4n) is 2.47. The average Bonchev–Trinajstić information content (AvgIpc) is 2.67. The van der Waals surface area contributed by atoms with Crippen LogP contribution in [-0.2, 0) is 4.79 Å². The zero-order valence-corrected chi connectivity index (χ0v) is 22.0. The molecular weight excluding hydrogens is 723 g/mol. The molecule has 0 aliphatic heterocycles. The molecule has 0 heterocycles. The van der Waals surface area contributed by atoms with Gasteiger partial charge in [-0.1, -0.05) is 0 Å². The van der Waals surface area contributed by atoms with Gasteiger partial charge in [0.05, 0.1) is 31.1 Å². The number of hydrogen-bond donors (Lipinski definition) is 5. The van der Waals surface area contributed by atoms with Crippen LogP contribution in [-0.4, -0.2) is 63.3 Å². The van der Waals surface area contributed by atoms with Gasteiger partial charge < -0.3 is 25.7 Å².